The number of hydrogen-bond acceptors (Lipinski definition) is 6. The lowest BCUT2D eigenvalue weighted by molar-refractivity contribution is 0.625. The van der Waals surface area contributed by atoms with E-state index in [1.807, 2.05) is 18.2 Å². The maximum Gasteiger partial charge on any atom is 0.217 e. The van der Waals surface area contributed by atoms with E-state index in [1.54, 1.807) is 36.5 Å². The molecule has 0 saturated carbocycles. The lowest BCUT2D eigenvalue weighted by Crippen LogP contribution is -2.05. The van der Waals surface area contributed by atoms with Crippen molar-refractivity contribution in [3.05, 3.63) is 70.6 Å². The van der Waals surface area contributed by atoms with Gasteiger partial charge in [-0.25, -0.2) is 0 Å². The van der Waals surface area contributed by atoms with Gasteiger partial charge in [0.15, 0.2) is 0 Å². The first-order valence-corrected chi connectivity index (χ1v) is 12.7. The fourth-order valence-corrected chi connectivity index (χ4v) is 7.06. The summed E-state index contributed by atoms with van der Waals surface area (Å²) in [4.78, 5) is 0.706. The minimum Gasteiger partial charge on any atom is -0.184 e. The van der Waals surface area contributed by atoms with Gasteiger partial charge < -0.3 is 0 Å². The van der Waals surface area contributed by atoms with Crippen molar-refractivity contribution in [1.82, 2.24) is 0 Å². The lowest BCUT2D eigenvalue weighted by atomic mass is 10.2. The summed E-state index contributed by atoms with van der Waals surface area (Å²) in [6.45, 7) is 0. The molecule has 0 N–H and O–H groups in total. The zero-order valence-corrected chi connectivity index (χ0v) is 17.8. The van der Waals surface area contributed by atoms with Crippen LogP contribution in [0.15, 0.2) is 70.6 Å². The molecule has 0 aliphatic heterocycles. The Hall–Kier alpha value is -2.06. The molecule has 10 heteroatoms. The van der Waals surface area contributed by atoms with Gasteiger partial charge in [0, 0.05) is 19.3 Å². The first-order chi connectivity index (χ1) is 13.4. The van der Waals surface area contributed by atoms with E-state index in [9.17, 15) is 25.3 Å². The van der Waals surface area contributed by atoms with Crippen LogP contribution in [-0.4, -0.2) is 39.8 Å². The number of rotatable bonds is 3. The summed E-state index contributed by atoms with van der Waals surface area (Å²) < 4.78 is 68.5. The highest BCUT2D eigenvalue weighted by molar-refractivity contribution is 7.75. The molecular weight excluding hydrogens is 439 g/mol. The molecule has 0 atom stereocenters. The van der Waals surface area contributed by atoms with Gasteiger partial charge in [-0.15, -0.1) is 0 Å². The highest BCUT2D eigenvalue weighted by Gasteiger charge is 2.24. The van der Waals surface area contributed by atoms with Gasteiger partial charge in [0.05, 0.1) is 14.6 Å². The second kappa shape index (κ2) is 8.96. The molecule has 6 nitrogen and oxygen atoms in total. The summed E-state index contributed by atoms with van der Waals surface area (Å²) >= 11 is 0. The van der Waals surface area contributed by atoms with Crippen LogP contribution in [0.3, 0.4) is 0 Å². The van der Waals surface area contributed by atoms with Crippen molar-refractivity contribution in [3.8, 4) is 0 Å². The van der Waals surface area contributed by atoms with Gasteiger partial charge in [-0.1, -0.05) is 36.5 Å². The first kappa shape index (κ1) is 20.7. The molecule has 0 radical (unpaired) electrons. The van der Waals surface area contributed by atoms with Crippen LogP contribution in [0.5, 0.6) is 0 Å². The molecule has 0 bridgehead atoms. The Morgan fingerprint density at radius 2 is 0.821 bits per heavy atom. The summed E-state index contributed by atoms with van der Waals surface area (Å²) in [5, 5.41) is 2.13. The standard InChI is InChI=1S/C18H15O6PS3/c19-26(20)16-7-1-4-13(10-16)25(14-5-2-8-17(11-14)27(21)22)15-6-3-9-18(12-15)28(23)24/h1-6,10-12H,7-9H2. The van der Waals surface area contributed by atoms with E-state index in [4.69, 9.17) is 0 Å². The first-order valence-electron chi connectivity index (χ1n) is 8.17. The van der Waals surface area contributed by atoms with Gasteiger partial charge in [0.2, 0.25) is 30.9 Å². The lowest BCUT2D eigenvalue weighted by Gasteiger charge is -2.26. The molecule has 0 saturated heterocycles. The molecular formula is C18H15O6PS3. The molecule has 0 aromatic carbocycles. The number of allylic oxidation sites excluding steroid dienone is 12. The molecule has 0 aromatic heterocycles. The van der Waals surface area contributed by atoms with Gasteiger partial charge >= 0.3 is 0 Å². The van der Waals surface area contributed by atoms with Crippen molar-refractivity contribution < 1.29 is 25.3 Å². The third-order valence-corrected chi connectivity index (χ3v) is 8.69. The SMILES string of the molecule is O=S(=O)=C1C=C(P(C2=CC(=S(=O)=O)CC=C2)C2=CC(=S(=O)=O)CC=C2)C=CC1. The molecule has 28 heavy (non-hydrogen) atoms. The van der Waals surface area contributed by atoms with Gasteiger partial charge in [0.1, 0.15) is 0 Å². The summed E-state index contributed by atoms with van der Waals surface area (Å²) in [5.41, 5.74) is 0. The molecule has 3 aliphatic rings. The Morgan fingerprint density at radius 3 is 1.07 bits per heavy atom. The van der Waals surface area contributed by atoms with Gasteiger partial charge in [-0.05, 0) is 42.1 Å². The molecule has 0 heterocycles. The fourth-order valence-electron chi connectivity index (χ4n) is 2.92. The van der Waals surface area contributed by atoms with Crippen molar-refractivity contribution in [3.63, 3.8) is 0 Å². The van der Waals surface area contributed by atoms with E-state index >= 15 is 0 Å². The highest BCUT2D eigenvalue weighted by atomic mass is 32.2. The molecule has 0 fully saturated rings. The normalized spacial score (nSPS) is 18.8. The predicted molar refractivity (Wildman–Crippen MR) is 114 cm³/mol. The molecule has 3 aliphatic carbocycles. The Kier molecular flexibility index (Phi) is 6.61. The van der Waals surface area contributed by atoms with Crippen molar-refractivity contribution in [1.29, 1.82) is 0 Å². The van der Waals surface area contributed by atoms with E-state index < -0.39 is 38.8 Å². The Balaban J connectivity index is 2.24. The average Bonchev–Trinajstić information content (AvgIpc) is 2.69. The van der Waals surface area contributed by atoms with Crippen LogP contribution in [0.4, 0.5) is 0 Å². The van der Waals surface area contributed by atoms with Crippen molar-refractivity contribution in [2.24, 2.45) is 0 Å². The Bertz CT molecular complexity index is 1140. The van der Waals surface area contributed by atoms with Crippen LogP contribution < -0.4 is 0 Å². The van der Waals surface area contributed by atoms with E-state index in [0.29, 0.717) is 15.9 Å². The zero-order valence-electron chi connectivity index (χ0n) is 14.4. The zero-order chi connectivity index (χ0) is 20.3. The predicted octanol–water partition coefficient (Wildman–Crippen LogP) is 2.15. The fraction of sp³-hybridized carbons (Fsp3) is 0.167. The minimum absolute atomic E-state index is 0.235. The third kappa shape index (κ3) is 4.67. The summed E-state index contributed by atoms with van der Waals surface area (Å²) in [6, 6.07) is 0. The largest absolute Gasteiger partial charge is 0.217 e. The topological polar surface area (TPSA) is 102 Å². The smallest absolute Gasteiger partial charge is 0.184 e. The van der Waals surface area contributed by atoms with Gasteiger partial charge in [-0.2, -0.15) is 25.3 Å². The maximum atomic E-state index is 11.4. The average molecular weight is 454 g/mol. The van der Waals surface area contributed by atoms with Crippen LogP contribution in [0.25, 0.3) is 0 Å². The maximum absolute atomic E-state index is 11.4. The van der Waals surface area contributed by atoms with E-state index in [1.165, 1.54) is 0 Å². The molecule has 0 aromatic rings. The minimum atomic E-state index is -2.36. The molecule has 0 unspecified atom stereocenters. The second-order valence-corrected chi connectivity index (χ2v) is 11.2. The molecule has 3 rings (SSSR count). The molecule has 146 valence electrons. The van der Waals surface area contributed by atoms with Crippen LogP contribution in [0.2, 0.25) is 0 Å². The molecule has 0 amide bonds. The van der Waals surface area contributed by atoms with E-state index in [2.05, 4.69) is 0 Å². The molecule has 0 spiro atoms. The van der Waals surface area contributed by atoms with Crippen LogP contribution in [0.1, 0.15) is 19.3 Å². The Labute approximate surface area is 168 Å². The highest BCUT2D eigenvalue weighted by Crippen LogP contribution is 2.61. The van der Waals surface area contributed by atoms with Crippen LogP contribution >= 0.6 is 7.92 Å². The van der Waals surface area contributed by atoms with Gasteiger partial charge in [-0.3, -0.25) is 0 Å². The summed E-state index contributed by atoms with van der Waals surface area (Å²) in [5.74, 6) is 0. The van der Waals surface area contributed by atoms with Crippen LogP contribution in [-0.2, 0) is 30.9 Å². The van der Waals surface area contributed by atoms with E-state index in [-0.39, 0.29) is 33.9 Å². The summed E-state index contributed by atoms with van der Waals surface area (Å²) in [7, 11) is -8.41. The number of hydrogen-bond donors (Lipinski definition) is 0. The second-order valence-electron chi connectivity index (χ2n) is 5.97. The van der Waals surface area contributed by atoms with Crippen LogP contribution in [0, 0.1) is 0 Å². The monoisotopic (exact) mass is 454 g/mol. The van der Waals surface area contributed by atoms with Gasteiger partial charge in [0.25, 0.3) is 0 Å². The van der Waals surface area contributed by atoms with E-state index in [0.717, 1.165) is 0 Å². The van der Waals surface area contributed by atoms with Crippen molar-refractivity contribution in [2.45, 2.75) is 19.3 Å². The summed E-state index contributed by atoms with van der Waals surface area (Å²) in [6.07, 6.45) is 16.3. The van der Waals surface area contributed by atoms with Crippen molar-refractivity contribution in [2.75, 3.05) is 0 Å². The van der Waals surface area contributed by atoms with Crippen molar-refractivity contribution >= 4 is 53.4 Å². The quantitative estimate of drug-likeness (QED) is 0.478. The third-order valence-electron chi connectivity index (χ3n) is 4.17. The Morgan fingerprint density at radius 1 is 0.536 bits per heavy atom.